The number of hydrogen-bond acceptors (Lipinski definition) is 6. The predicted octanol–water partition coefficient (Wildman–Crippen LogP) is 4.59. The Hall–Kier alpha value is -2.64. The molecule has 0 amide bonds. The van der Waals surface area contributed by atoms with Gasteiger partial charge in [0.25, 0.3) is 0 Å². The molecule has 1 aromatic heterocycles. The molecule has 0 saturated carbocycles. The zero-order valence-corrected chi connectivity index (χ0v) is 16.8. The second-order valence-electron chi connectivity index (χ2n) is 6.13. The fourth-order valence-corrected chi connectivity index (χ4v) is 4.10. The Labute approximate surface area is 171 Å². The van der Waals surface area contributed by atoms with Gasteiger partial charge >= 0.3 is 0 Å². The molecule has 1 aliphatic heterocycles. The van der Waals surface area contributed by atoms with Gasteiger partial charge in [0.2, 0.25) is 6.79 Å². The molecule has 1 aliphatic rings. The van der Waals surface area contributed by atoms with E-state index in [2.05, 4.69) is 4.98 Å². The SMILES string of the molecule is COc1ccc(Sc2nc(C)n(Cc3cc4c(cc3Cl)OCO4)c2C=O)cc1. The maximum Gasteiger partial charge on any atom is 0.231 e. The number of carbonyl (C=O) groups is 1. The first-order valence-corrected chi connectivity index (χ1v) is 9.70. The van der Waals surface area contributed by atoms with E-state index in [1.54, 1.807) is 13.2 Å². The number of imidazole rings is 1. The molecular weight excluding hydrogens is 400 g/mol. The van der Waals surface area contributed by atoms with Crippen molar-refractivity contribution in [1.29, 1.82) is 0 Å². The van der Waals surface area contributed by atoms with E-state index in [1.807, 2.05) is 41.8 Å². The van der Waals surface area contributed by atoms with Crippen LogP contribution in [0.5, 0.6) is 17.2 Å². The van der Waals surface area contributed by atoms with Crippen molar-refractivity contribution >= 4 is 29.6 Å². The lowest BCUT2D eigenvalue weighted by Gasteiger charge is -2.10. The third kappa shape index (κ3) is 3.55. The fraction of sp³-hybridized carbons (Fsp3) is 0.200. The third-order valence-corrected chi connectivity index (χ3v) is 5.77. The molecule has 28 heavy (non-hydrogen) atoms. The van der Waals surface area contributed by atoms with E-state index in [-0.39, 0.29) is 6.79 Å². The molecule has 3 aromatic rings. The molecular formula is C20H17ClN2O4S. The molecule has 4 rings (SSSR count). The monoisotopic (exact) mass is 416 g/mol. The first-order chi connectivity index (χ1) is 13.6. The Kier molecular flexibility index (Phi) is 5.19. The third-order valence-electron chi connectivity index (χ3n) is 4.42. The molecule has 0 spiro atoms. The van der Waals surface area contributed by atoms with Crippen molar-refractivity contribution in [2.75, 3.05) is 13.9 Å². The molecule has 0 atom stereocenters. The average molecular weight is 417 g/mol. The van der Waals surface area contributed by atoms with Gasteiger partial charge in [-0.25, -0.2) is 4.98 Å². The summed E-state index contributed by atoms with van der Waals surface area (Å²) < 4.78 is 17.8. The highest BCUT2D eigenvalue weighted by Gasteiger charge is 2.20. The molecule has 0 aliphatic carbocycles. The summed E-state index contributed by atoms with van der Waals surface area (Å²) in [5.74, 6) is 2.78. The number of aldehydes is 1. The molecule has 144 valence electrons. The van der Waals surface area contributed by atoms with Gasteiger partial charge < -0.3 is 18.8 Å². The van der Waals surface area contributed by atoms with Gasteiger partial charge in [-0.05, 0) is 42.8 Å². The fourth-order valence-electron chi connectivity index (χ4n) is 2.95. The van der Waals surface area contributed by atoms with Crippen LogP contribution in [0.3, 0.4) is 0 Å². The molecule has 0 radical (unpaired) electrons. The smallest absolute Gasteiger partial charge is 0.231 e. The first-order valence-electron chi connectivity index (χ1n) is 8.51. The van der Waals surface area contributed by atoms with Crippen LogP contribution in [0.2, 0.25) is 5.02 Å². The van der Waals surface area contributed by atoms with Crippen molar-refractivity contribution in [3.8, 4) is 17.2 Å². The standard InChI is InChI=1S/C20H17ClN2O4S/c1-12-22-20(28-15-5-3-14(25-2)4-6-15)17(10-24)23(12)9-13-7-18-19(8-16(13)21)27-11-26-18/h3-8,10H,9,11H2,1-2H3. The average Bonchev–Trinajstić information content (AvgIpc) is 3.26. The molecule has 2 heterocycles. The van der Waals surface area contributed by atoms with Crippen LogP contribution < -0.4 is 14.2 Å². The normalized spacial score (nSPS) is 12.2. The summed E-state index contributed by atoms with van der Waals surface area (Å²) in [6, 6.07) is 11.2. The summed E-state index contributed by atoms with van der Waals surface area (Å²) in [6.07, 6.45) is 0.826. The number of benzene rings is 2. The van der Waals surface area contributed by atoms with Crippen molar-refractivity contribution in [2.45, 2.75) is 23.4 Å². The lowest BCUT2D eigenvalue weighted by Crippen LogP contribution is -2.06. The minimum Gasteiger partial charge on any atom is -0.497 e. The Morgan fingerprint density at radius 2 is 1.96 bits per heavy atom. The van der Waals surface area contributed by atoms with Gasteiger partial charge in [-0.1, -0.05) is 23.4 Å². The van der Waals surface area contributed by atoms with Gasteiger partial charge in [-0.3, -0.25) is 4.79 Å². The highest BCUT2D eigenvalue weighted by Crippen LogP contribution is 2.38. The number of halogens is 1. The van der Waals surface area contributed by atoms with Crippen LogP contribution in [-0.2, 0) is 6.54 Å². The van der Waals surface area contributed by atoms with Crippen LogP contribution in [0, 0.1) is 6.92 Å². The summed E-state index contributed by atoms with van der Waals surface area (Å²) >= 11 is 7.83. The number of methoxy groups -OCH3 is 1. The molecule has 6 nitrogen and oxygen atoms in total. The van der Waals surface area contributed by atoms with Gasteiger partial charge in [0, 0.05) is 16.0 Å². The number of fused-ring (bicyclic) bond motifs is 1. The molecule has 0 N–H and O–H groups in total. The summed E-state index contributed by atoms with van der Waals surface area (Å²) in [5.41, 5.74) is 1.34. The molecule has 0 unspecified atom stereocenters. The first kappa shape index (κ1) is 18.7. The second-order valence-corrected chi connectivity index (χ2v) is 7.60. The van der Waals surface area contributed by atoms with Crippen LogP contribution in [0.25, 0.3) is 0 Å². The number of aryl methyl sites for hydroxylation is 1. The summed E-state index contributed by atoms with van der Waals surface area (Å²) in [4.78, 5) is 17.4. The Morgan fingerprint density at radius 1 is 1.25 bits per heavy atom. The number of carbonyl (C=O) groups excluding carboxylic acids is 1. The summed E-state index contributed by atoms with van der Waals surface area (Å²) in [7, 11) is 1.62. The van der Waals surface area contributed by atoms with Crippen LogP contribution in [0.1, 0.15) is 21.9 Å². The highest BCUT2D eigenvalue weighted by atomic mass is 35.5. The van der Waals surface area contributed by atoms with Crippen LogP contribution in [0.15, 0.2) is 46.3 Å². The molecule has 2 aromatic carbocycles. The Balaban J connectivity index is 1.64. The van der Waals surface area contributed by atoms with Crippen molar-refractivity contribution in [3.05, 3.63) is 58.5 Å². The Morgan fingerprint density at radius 3 is 2.64 bits per heavy atom. The lowest BCUT2D eigenvalue weighted by atomic mass is 10.2. The number of nitrogens with zero attached hydrogens (tertiary/aromatic N) is 2. The van der Waals surface area contributed by atoms with E-state index in [9.17, 15) is 4.79 Å². The van der Waals surface area contributed by atoms with E-state index in [1.165, 1.54) is 11.8 Å². The van der Waals surface area contributed by atoms with Gasteiger partial charge in [0.05, 0.1) is 13.7 Å². The van der Waals surface area contributed by atoms with Gasteiger partial charge in [0.1, 0.15) is 22.3 Å². The molecule has 0 saturated heterocycles. The van der Waals surface area contributed by atoms with Gasteiger partial charge in [-0.15, -0.1) is 0 Å². The minimum absolute atomic E-state index is 0.182. The van der Waals surface area contributed by atoms with Crippen LogP contribution >= 0.6 is 23.4 Å². The summed E-state index contributed by atoms with van der Waals surface area (Å²) in [6.45, 7) is 2.46. The van der Waals surface area contributed by atoms with Crippen LogP contribution in [-0.4, -0.2) is 29.7 Å². The topological polar surface area (TPSA) is 62.6 Å². The van der Waals surface area contributed by atoms with E-state index in [4.69, 9.17) is 25.8 Å². The highest BCUT2D eigenvalue weighted by molar-refractivity contribution is 7.99. The summed E-state index contributed by atoms with van der Waals surface area (Å²) in [5, 5.41) is 1.20. The number of aromatic nitrogens is 2. The van der Waals surface area contributed by atoms with E-state index in [0.717, 1.165) is 28.3 Å². The maximum absolute atomic E-state index is 11.8. The van der Waals surface area contributed by atoms with Crippen molar-refractivity contribution in [1.82, 2.24) is 9.55 Å². The van der Waals surface area contributed by atoms with Gasteiger partial charge in [0.15, 0.2) is 17.8 Å². The quantitative estimate of drug-likeness (QED) is 0.547. The van der Waals surface area contributed by atoms with Crippen molar-refractivity contribution in [2.24, 2.45) is 0 Å². The number of ether oxygens (including phenoxy) is 3. The maximum atomic E-state index is 11.8. The Bertz CT molecular complexity index is 1030. The molecule has 0 bridgehead atoms. The number of rotatable bonds is 6. The van der Waals surface area contributed by atoms with E-state index in [0.29, 0.717) is 33.8 Å². The molecule has 8 heteroatoms. The molecule has 0 fully saturated rings. The van der Waals surface area contributed by atoms with Crippen molar-refractivity contribution < 1.29 is 19.0 Å². The lowest BCUT2D eigenvalue weighted by molar-refractivity contribution is 0.111. The van der Waals surface area contributed by atoms with Crippen LogP contribution in [0.4, 0.5) is 0 Å². The second kappa shape index (κ2) is 7.77. The van der Waals surface area contributed by atoms with Gasteiger partial charge in [-0.2, -0.15) is 0 Å². The van der Waals surface area contributed by atoms with E-state index < -0.39 is 0 Å². The zero-order valence-electron chi connectivity index (χ0n) is 15.3. The number of hydrogen-bond donors (Lipinski definition) is 0. The zero-order chi connectivity index (χ0) is 19.7. The van der Waals surface area contributed by atoms with E-state index >= 15 is 0 Å². The largest absolute Gasteiger partial charge is 0.497 e. The minimum atomic E-state index is 0.182. The predicted molar refractivity (Wildman–Crippen MR) is 106 cm³/mol. The van der Waals surface area contributed by atoms with Crippen molar-refractivity contribution in [3.63, 3.8) is 0 Å².